The van der Waals surface area contributed by atoms with E-state index in [1.807, 2.05) is 4.72 Å². The van der Waals surface area contributed by atoms with Crippen LogP contribution in [0.3, 0.4) is 0 Å². The first-order valence-electron chi connectivity index (χ1n) is 13.3. The number of halogens is 5. The van der Waals surface area contributed by atoms with Crippen LogP contribution in [0.15, 0.2) is 65.6 Å². The Labute approximate surface area is 238 Å². The lowest BCUT2D eigenvalue weighted by Gasteiger charge is -2.44. The van der Waals surface area contributed by atoms with Gasteiger partial charge < -0.3 is 4.90 Å². The molecular weight excluding hydrogens is 579 g/mol. The Morgan fingerprint density at radius 2 is 1.76 bits per heavy atom. The zero-order chi connectivity index (χ0) is 30.2. The van der Waals surface area contributed by atoms with Gasteiger partial charge in [-0.3, -0.25) is 9.59 Å². The van der Waals surface area contributed by atoms with Gasteiger partial charge in [0, 0.05) is 23.6 Å². The second-order valence-electron chi connectivity index (χ2n) is 11.3. The summed E-state index contributed by atoms with van der Waals surface area (Å²) in [5, 5.41) is 0. The van der Waals surface area contributed by atoms with Crippen molar-refractivity contribution < 1.29 is 40.0 Å². The highest BCUT2D eigenvalue weighted by Gasteiger charge is 2.56. The third-order valence-corrected chi connectivity index (χ3v) is 10.3. The Bertz CT molecular complexity index is 1740. The lowest BCUT2D eigenvalue weighted by molar-refractivity contribution is -0.228. The van der Waals surface area contributed by atoms with Gasteiger partial charge in [0.15, 0.2) is 0 Å². The third-order valence-electron chi connectivity index (χ3n) is 8.90. The average Bonchev–Trinajstić information content (AvgIpc) is 3.42. The number of hydrogen-bond acceptors (Lipinski definition) is 4. The minimum absolute atomic E-state index is 0.123. The predicted molar refractivity (Wildman–Crippen MR) is 142 cm³/mol. The van der Waals surface area contributed by atoms with Crippen molar-refractivity contribution >= 4 is 21.8 Å². The number of carbonyl (C=O) groups excluding carboxylic acids is 2. The van der Waals surface area contributed by atoms with Crippen molar-refractivity contribution in [2.24, 2.45) is 0 Å². The molecule has 0 aromatic heterocycles. The molecule has 0 saturated carbocycles. The number of rotatable bonds is 4. The van der Waals surface area contributed by atoms with Gasteiger partial charge in [0.25, 0.3) is 21.8 Å². The van der Waals surface area contributed by atoms with Crippen LogP contribution >= 0.6 is 0 Å². The number of amides is 2. The molecule has 42 heavy (non-hydrogen) atoms. The molecule has 12 heteroatoms. The zero-order valence-corrected chi connectivity index (χ0v) is 23.1. The van der Waals surface area contributed by atoms with E-state index in [4.69, 9.17) is 0 Å². The highest BCUT2D eigenvalue weighted by molar-refractivity contribution is 7.90. The molecule has 0 radical (unpaired) electrons. The molecule has 3 aromatic carbocycles. The van der Waals surface area contributed by atoms with Crippen molar-refractivity contribution in [1.82, 2.24) is 9.62 Å². The van der Waals surface area contributed by atoms with E-state index in [0.29, 0.717) is 43.7 Å². The van der Waals surface area contributed by atoms with Gasteiger partial charge in [-0.1, -0.05) is 30.3 Å². The lowest BCUT2D eigenvalue weighted by atomic mass is 9.63. The van der Waals surface area contributed by atoms with Crippen molar-refractivity contribution in [2.45, 2.75) is 60.8 Å². The highest BCUT2D eigenvalue weighted by atomic mass is 32.2. The molecule has 1 saturated heterocycles. The lowest BCUT2D eigenvalue weighted by Crippen LogP contribution is -2.49. The molecule has 3 aliphatic rings. The maximum Gasteiger partial charge on any atom is 0.426 e. The van der Waals surface area contributed by atoms with Crippen LogP contribution in [0.4, 0.5) is 22.0 Å². The van der Waals surface area contributed by atoms with E-state index in [1.165, 1.54) is 42.5 Å². The van der Waals surface area contributed by atoms with Gasteiger partial charge in [-0.05, 0) is 85.2 Å². The van der Waals surface area contributed by atoms with Crippen LogP contribution in [0, 0.1) is 5.82 Å². The summed E-state index contributed by atoms with van der Waals surface area (Å²) in [5.41, 5.74) is -2.78. The quantitative estimate of drug-likeness (QED) is 0.408. The van der Waals surface area contributed by atoms with Gasteiger partial charge in [-0.2, -0.15) is 13.2 Å². The third kappa shape index (κ3) is 4.29. The van der Waals surface area contributed by atoms with Crippen molar-refractivity contribution in [3.8, 4) is 0 Å². The molecule has 0 spiro atoms. The first-order valence-corrected chi connectivity index (χ1v) is 14.8. The molecule has 2 heterocycles. The van der Waals surface area contributed by atoms with Crippen LogP contribution in [0.5, 0.6) is 0 Å². The minimum atomic E-state index is -5.10. The number of alkyl halides is 4. The fourth-order valence-corrected chi connectivity index (χ4v) is 7.86. The topological polar surface area (TPSA) is 83.6 Å². The van der Waals surface area contributed by atoms with Crippen LogP contribution < -0.4 is 4.72 Å². The van der Waals surface area contributed by atoms with Crippen molar-refractivity contribution in [3.63, 3.8) is 0 Å². The van der Waals surface area contributed by atoms with E-state index in [9.17, 15) is 40.0 Å². The standard InChI is InChI=1S/C30H25F5N2O4S/c1-28(32,30(33,34)35)20-6-9-23-18(14-20)5-11-25-29(23,16-17-2-7-21(31)8-3-17)12-13-37(25)27(39)19-4-10-24-22(15-19)26(38)36-42(24,40)41/h2-4,6-10,14-15,25H,5,11-13,16H2,1H3,(H,36,38)/t25-,28?,29-/m1/s1. The second kappa shape index (κ2) is 9.35. The minimum Gasteiger partial charge on any atom is -0.335 e. The number of carbonyl (C=O) groups is 2. The number of hydrogen-bond donors (Lipinski definition) is 1. The second-order valence-corrected chi connectivity index (χ2v) is 12.9. The fourth-order valence-electron chi connectivity index (χ4n) is 6.70. The molecule has 3 aromatic rings. The molecule has 2 amide bonds. The molecule has 1 aliphatic carbocycles. The van der Waals surface area contributed by atoms with Crippen LogP contribution in [0.25, 0.3) is 0 Å². The summed E-state index contributed by atoms with van der Waals surface area (Å²) in [6, 6.07) is 13.2. The van der Waals surface area contributed by atoms with Gasteiger partial charge in [-0.25, -0.2) is 21.9 Å². The number of fused-ring (bicyclic) bond motifs is 4. The molecule has 3 atom stereocenters. The van der Waals surface area contributed by atoms with Crippen LogP contribution in [0.2, 0.25) is 0 Å². The zero-order valence-electron chi connectivity index (χ0n) is 22.3. The molecule has 1 unspecified atom stereocenters. The molecular formula is C30H25F5N2O4S. The monoisotopic (exact) mass is 604 g/mol. The Kier molecular flexibility index (Phi) is 6.31. The van der Waals surface area contributed by atoms with Crippen molar-refractivity contribution in [1.29, 1.82) is 0 Å². The Morgan fingerprint density at radius 3 is 2.45 bits per heavy atom. The molecule has 1 N–H and O–H groups in total. The van der Waals surface area contributed by atoms with E-state index in [-0.39, 0.29) is 22.6 Å². The summed E-state index contributed by atoms with van der Waals surface area (Å²) in [6.07, 6.45) is -3.66. The molecule has 220 valence electrons. The Morgan fingerprint density at radius 1 is 1.05 bits per heavy atom. The van der Waals surface area contributed by atoms with E-state index in [0.717, 1.165) is 11.6 Å². The maximum absolute atomic E-state index is 14.9. The van der Waals surface area contributed by atoms with Gasteiger partial charge in [0.1, 0.15) is 10.7 Å². The summed E-state index contributed by atoms with van der Waals surface area (Å²) in [5.74, 6) is -1.68. The van der Waals surface area contributed by atoms with Crippen LogP contribution in [-0.4, -0.2) is 43.9 Å². The maximum atomic E-state index is 14.9. The predicted octanol–water partition coefficient (Wildman–Crippen LogP) is 5.35. The fraction of sp³-hybridized carbons (Fsp3) is 0.333. The van der Waals surface area contributed by atoms with E-state index >= 15 is 0 Å². The van der Waals surface area contributed by atoms with E-state index in [2.05, 4.69) is 0 Å². The van der Waals surface area contributed by atoms with Crippen LogP contribution in [0.1, 0.15) is 62.7 Å². The molecule has 0 bridgehead atoms. The van der Waals surface area contributed by atoms with Gasteiger partial charge in [-0.15, -0.1) is 0 Å². The smallest absolute Gasteiger partial charge is 0.335 e. The summed E-state index contributed by atoms with van der Waals surface area (Å²) < 4.78 is 95.3. The Balaban J connectivity index is 1.41. The number of likely N-dealkylation sites (tertiary alicyclic amines) is 1. The molecule has 1 fully saturated rings. The first-order chi connectivity index (χ1) is 19.6. The normalized spacial score (nSPS) is 23.9. The molecule has 6 rings (SSSR count). The number of sulfonamides is 1. The summed E-state index contributed by atoms with van der Waals surface area (Å²) >= 11 is 0. The van der Waals surface area contributed by atoms with Crippen molar-refractivity contribution in [3.05, 3.63) is 99.9 Å². The number of nitrogens with zero attached hydrogens (tertiary/aromatic N) is 1. The van der Waals surface area contributed by atoms with E-state index < -0.39 is 56.5 Å². The molecule has 2 aliphatic heterocycles. The van der Waals surface area contributed by atoms with E-state index in [1.54, 1.807) is 17.0 Å². The molecule has 6 nitrogen and oxygen atoms in total. The first kappa shape index (κ1) is 28.3. The largest absolute Gasteiger partial charge is 0.426 e. The number of nitrogens with one attached hydrogen (secondary N) is 1. The number of aryl methyl sites for hydroxylation is 1. The number of benzene rings is 3. The van der Waals surface area contributed by atoms with Gasteiger partial charge in [0.2, 0.25) is 5.67 Å². The van der Waals surface area contributed by atoms with Gasteiger partial charge >= 0.3 is 6.18 Å². The van der Waals surface area contributed by atoms with Gasteiger partial charge in [0.05, 0.1) is 5.56 Å². The van der Waals surface area contributed by atoms with Crippen molar-refractivity contribution in [2.75, 3.05) is 6.54 Å². The average molecular weight is 605 g/mol. The summed E-state index contributed by atoms with van der Waals surface area (Å²) in [4.78, 5) is 27.5. The summed E-state index contributed by atoms with van der Waals surface area (Å²) in [7, 11) is -3.99. The summed E-state index contributed by atoms with van der Waals surface area (Å²) in [6.45, 7) is 0.767. The SMILES string of the molecule is CC(F)(c1ccc2c(c1)CC[C@H]1N(C(=O)c3ccc4c(c3)C(=O)NS4(=O)=O)CC[C@@]21Cc1ccc(F)cc1)C(F)(F)F. The highest BCUT2D eigenvalue weighted by Crippen LogP contribution is 2.51. The Hall–Kier alpha value is -3.80. The van der Waals surface area contributed by atoms with Crippen LogP contribution in [-0.2, 0) is 33.9 Å².